The first-order valence-corrected chi connectivity index (χ1v) is 5.05. The molecule has 0 aliphatic rings. The van der Waals surface area contributed by atoms with Crippen LogP contribution in [0.25, 0.3) is 0 Å². The molecule has 1 aromatic rings. The summed E-state index contributed by atoms with van der Waals surface area (Å²) in [5.41, 5.74) is 10.3. The first kappa shape index (κ1) is 10.4. The molecule has 0 aliphatic heterocycles. The van der Waals surface area contributed by atoms with Gasteiger partial charge in [-0.25, -0.2) is 0 Å². The fourth-order valence-corrected chi connectivity index (χ4v) is 1.88. The van der Waals surface area contributed by atoms with Crippen molar-refractivity contribution in [2.75, 3.05) is 5.73 Å². The minimum Gasteiger partial charge on any atom is -0.398 e. The largest absolute Gasteiger partial charge is 0.398 e. The van der Waals surface area contributed by atoms with E-state index in [4.69, 9.17) is 17.3 Å². The van der Waals surface area contributed by atoms with Crippen LogP contribution in [0.4, 0.5) is 5.69 Å². The van der Waals surface area contributed by atoms with Crippen molar-refractivity contribution in [1.82, 2.24) is 0 Å². The van der Waals surface area contributed by atoms with Gasteiger partial charge in [0.15, 0.2) is 0 Å². The number of rotatable bonds is 2. The Hall–Kier alpha value is -0.690. The summed E-state index contributed by atoms with van der Waals surface area (Å²) in [4.78, 5) is 0. The lowest BCUT2D eigenvalue weighted by Crippen LogP contribution is -2.01. The zero-order valence-electron chi connectivity index (χ0n) is 8.45. The summed E-state index contributed by atoms with van der Waals surface area (Å²) in [5, 5.41) is 0.831. The molecule has 0 fully saturated rings. The van der Waals surface area contributed by atoms with Crippen LogP contribution in [0.3, 0.4) is 0 Å². The predicted molar refractivity (Wildman–Crippen MR) is 59.4 cm³/mol. The van der Waals surface area contributed by atoms with Crippen LogP contribution in [0.1, 0.15) is 30.5 Å². The Morgan fingerprint density at radius 2 is 1.92 bits per heavy atom. The van der Waals surface area contributed by atoms with E-state index in [1.807, 2.05) is 6.92 Å². The first-order chi connectivity index (χ1) is 6.11. The van der Waals surface area contributed by atoms with Gasteiger partial charge in [-0.3, -0.25) is 0 Å². The Morgan fingerprint density at radius 3 is 2.38 bits per heavy atom. The van der Waals surface area contributed by atoms with E-state index in [0.717, 1.165) is 34.7 Å². The van der Waals surface area contributed by atoms with Gasteiger partial charge in [-0.1, -0.05) is 31.5 Å². The highest BCUT2D eigenvalue weighted by Gasteiger charge is 2.09. The Balaban J connectivity index is 3.39. The second kappa shape index (κ2) is 4.01. The molecule has 2 N–H and O–H groups in total. The monoisotopic (exact) mass is 197 g/mol. The molecule has 0 radical (unpaired) electrons. The topological polar surface area (TPSA) is 26.0 Å². The summed E-state index contributed by atoms with van der Waals surface area (Å²) < 4.78 is 0. The highest BCUT2D eigenvalue weighted by Crippen LogP contribution is 2.30. The smallest absolute Gasteiger partial charge is 0.0487 e. The standard InChI is InChI=1S/C11H16ClN/c1-4-8-6-7(3)10(12)9(5-2)11(8)13/h6H,4-5,13H2,1-3H3. The third kappa shape index (κ3) is 1.80. The fourth-order valence-electron chi connectivity index (χ4n) is 1.59. The van der Waals surface area contributed by atoms with Crippen LogP contribution in [0.5, 0.6) is 0 Å². The molecular formula is C11H16ClN. The fraction of sp³-hybridized carbons (Fsp3) is 0.455. The van der Waals surface area contributed by atoms with Crippen LogP contribution in [0, 0.1) is 6.92 Å². The maximum Gasteiger partial charge on any atom is 0.0487 e. The lowest BCUT2D eigenvalue weighted by atomic mass is 10.00. The number of benzene rings is 1. The number of aryl methyl sites for hydroxylation is 2. The molecule has 1 aromatic carbocycles. The second-order valence-corrected chi connectivity index (χ2v) is 3.64. The summed E-state index contributed by atoms with van der Waals surface area (Å²) in [6.45, 7) is 6.22. The molecule has 0 unspecified atom stereocenters. The average Bonchev–Trinajstić information content (AvgIpc) is 2.12. The van der Waals surface area contributed by atoms with Crippen LogP contribution in [-0.2, 0) is 12.8 Å². The maximum absolute atomic E-state index is 6.15. The third-order valence-corrected chi connectivity index (χ3v) is 2.93. The molecule has 0 aliphatic carbocycles. The van der Waals surface area contributed by atoms with Crippen molar-refractivity contribution in [3.05, 3.63) is 27.8 Å². The number of nitrogens with two attached hydrogens (primary N) is 1. The molecule has 0 saturated heterocycles. The van der Waals surface area contributed by atoms with E-state index in [1.54, 1.807) is 0 Å². The van der Waals surface area contributed by atoms with E-state index in [2.05, 4.69) is 19.9 Å². The van der Waals surface area contributed by atoms with Crippen molar-refractivity contribution >= 4 is 17.3 Å². The highest BCUT2D eigenvalue weighted by atomic mass is 35.5. The van der Waals surface area contributed by atoms with Crippen molar-refractivity contribution in [1.29, 1.82) is 0 Å². The van der Waals surface area contributed by atoms with Crippen LogP contribution >= 0.6 is 11.6 Å². The maximum atomic E-state index is 6.15. The SMILES string of the molecule is CCc1cc(C)c(Cl)c(CC)c1N. The summed E-state index contributed by atoms with van der Waals surface area (Å²) in [6.07, 6.45) is 1.87. The van der Waals surface area contributed by atoms with Gasteiger partial charge in [0, 0.05) is 10.7 Å². The van der Waals surface area contributed by atoms with E-state index in [1.165, 1.54) is 5.56 Å². The molecule has 0 saturated carbocycles. The number of hydrogen-bond acceptors (Lipinski definition) is 1. The van der Waals surface area contributed by atoms with Crippen LogP contribution in [0.15, 0.2) is 6.07 Å². The zero-order valence-corrected chi connectivity index (χ0v) is 9.20. The molecule has 0 amide bonds. The molecule has 0 heterocycles. The normalized spacial score (nSPS) is 10.5. The van der Waals surface area contributed by atoms with Crippen molar-refractivity contribution in [2.24, 2.45) is 0 Å². The first-order valence-electron chi connectivity index (χ1n) is 4.68. The van der Waals surface area contributed by atoms with Crippen molar-refractivity contribution in [3.63, 3.8) is 0 Å². The van der Waals surface area contributed by atoms with Crippen molar-refractivity contribution in [2.45, 2.75) is 33.6 Å². The van der Waals surface area contributed by atoms with Gasteiger partial charge >= 0.3 is 0 Å². The van der Waals surface area contributed by atoms with E-state index >= 15 is 0 Å². The number of nitrogen functional groups attached to an aromatic ring is 1. The van der Waals surface area contributed by atoms with Crippen LogP contribution in [0.2, 0.25) is 5.02 Å². The van der Waals surface area contributed by atoms with Gasteiger partial charge in [-0.05, 0) is 36.5 Å². The van der Waals surface area contributed by atoms with Gasteiger partial charge in [-0.15, -0.1) is 0 Å². The molecule has 1 rings (SSSR count). The van der Waals surface area contributed by atoms with Gasteiger partial charge in [-0.2, -0.15) is 0 Å². The zero-order chi connectivity index (χ0) is 10.0. The molecule has 0 atom stereocenters. The van der Waals surface area contributed by atoms with Crippen LogP contribution in [-0.4, -0.2) is 0 Å². The van der Waals surface area contributed by atoms with Crippen molar-refractivity contribution < 1.29 is 0 Å². The highest BCUT2D eigenvalue weighted by molar-refractivity contribution is 6.32. The molecule has 0 aromatic heterocycles. The molecule has 13 heavy (non-hydrogen) atoms. The number of hydrogen-bond donors (Lipinski definition) is 1. The van der Waals surface area contributed by atoms with E-state index in [-0.39, 0.29) is 0 Å². The lowest BCUT2D eigenvalue weighted by Gasteiger charge is -2.12. The molecule has 72 valence electrons. The molecular weight excluding hydrogens is 182 g/mol. The molecule has 0 bridgehead atoms. The Bertz CT molecular complexity index is 318. The van der Waals surface area contributed by atoms with Crippen LogP contribution < -0.4 is 5.73 Å². The summed E-state index contributed by atoms with van der Waals surface area (Å²) in [7, 11) is 0. The second-order valence-electron chi connectivity index (χ2n) is 3.27. The van der Waals surface area contributed by atoms with Gasteiger partial charge < -0.3 is 5.73 Å². The van der Waals surface area contributed by atoms with Gasteiger partial charge in [0.05, 0.1) is 0 Å². The molecule has 0 spiro atoms. The lowest BCUT2D eigenvalue weighted by molar-refractivity contribution is 1.08. The minimum absolute atomic E-state index is 0.831. The predicted octanol–water partition coefficient (Wildman–Crippen LogP) is 3.36. The van der Waals surface area contributed by atoms with E-state index in [9.17, 15) is 0 Å². The summed E-state index contributed by atoms with van der Waals surface area (Å²) in [6, 6.07) is 2.08. The average molecular weight is 198 g/mol. The Morgan fingerprint density at radius 1 is 1.31 bits per heavy atom. The number of halogens is 1. The van der Waals surface area contributed by atoms with Gasteiger partial charge in [0.2, 0.25) is 0 Å². The third-order valence-electron chi connectivity index (χ3n) is 2.41. The summed E-state index contributed by atoms with van der Waals surface area (Å²) >= 11 is 6.15. The van der Waals surface area contributed by atoms with E-state index in [0.29, 0.717) is 0 Å². The Labute approximate surface area is 84.9 Å². The molecule has 1 nitrogen and oxygen atoms in total. The quantitative estimate of drug-likeness (QED) is 0.723. The number of anilines is 1. The molecule has 2 heteroatoms. The Kier molecular flexibility index (Phi) is 3.21. The van der Waals surface area contributed by atoms with Gasteiger partial charge in [0.1, 0.15) is 0 Å². The van der Waals surface area contributed by atoms with Gasteiger partial charge in [0.25, 0.3) is 0 Å². The summed E-state index contributed by atoms with van der Waals surface area (Å²) in [5.74, 6) is 0. The van der Waals surface area contributed by atoms with E-state index < -0.39 is 0 Å². The van der Waals surface area contributed by atoms with Crippen molar-refractivity contribution in [3.8, 4) is 0 Å². The minimum atomic E-state index is 0.831.